The number of terminal acetylenes is 1. The fourth-order valence-corrected chi connectivity index (χ4v) is 2.29. The van der Waals surface area contributed by atoms with Crippen molar-refractivity contribution in [3.8, 4) is 12.3 Å². The standard InChI is InChI=1S/C10H15NOS/c1-2-3-4-10(12)7-9-8-13-6-5-11-9/h1,9,11H,3-8H2. The second kappa shape index (κ2) is 6.06. The smallest absolute Gasteiger partial charge is 0.135 e. The van der Waals surface area contributed by atoms with Crippen molar-refractivity contribution in [2.24, 2.45) is 0 Å². The van der Waals surface area contributed by atoms with E-state index >= 15 is 0 Å². The lowest BCUT2D eigenvalue weighted by atomic mass is 10.1. The fourth-order valence-electron chi connectivity index (χ4n) is 1.34. The summed E-state index contributed by atoms with van der Waals surface area (Å²) in [6.07, 6.45) is 6.86. The number of Topliss-reactive ketones (excluding diaryl/α,β-unsaturated/α-hetero) is 1. The second-order valence-electron chi connectivity index (χ2n) is 3.17. The quantitative estimate of drug-likeness (QED) is 0.683. The van der Waals surface area contributed by atoms with Gasteiger partial charge in [0.05, 0.1) is 0 Å². The minimum Gasteiger partial charge on any atom is -0.312 e. The Labute approximate surface area is 83.9 Å². The molecule has 1 fully saturated rings. The molecule has 0 aromatic rings. The zero-order valence-electron chi connectivity index (χ0n) is 7.71. The molecule has 0 amide bonds. The number of carbonyl (C=O) groups excluding carboxylic acids is 1. The van der Waals surface area contributed by atoms with Gasteiger partial charge in [-0.3, -0.25) is 4.79 Å². The van der Waals surface area contributed by atoms with Crippen LogP contribution in [0, 0.1) is 12.3 Å². The van der Waals surface area contributed by atoms with Gasteiger partial charge in [-0.05, 0) is 0 Å². The van der Waals surface area contributed by atoms with Gasteiger partial charge in [0, 0.05) is 43.4 Å². The van der Waals surface area contributed by atoms with Gasteiger partial charge >= 0.3 is 0 Å². The van der Waals surface area contributed by atoms with E-state index in [1.165, 1.54) is 0 Å². The number of thioether (sulfide) groups is 1. The molecule has 0 bridgehead atoms. The summed E-state index contributed by atoms with van der Waals surface area (Å²) in [5.41, 5.74) is 0. The number of ketones is 1. The summed E-state index contributed by atoms with van der Waals surface area (Å²) < 4.78 is 0. The fraction of sp³-hybridized carbons (Fsp3) is 0.700. The van der Waals surface area contributed by atoms with Crippen LogP contribution in [0.4, 0.5) is 0 Å². The number of nitrogens with one attached hydrogen (secondary N) is 1. The Morgan fingerprint density at radius 2 is 2.54 bits per heavy atom. The molecule has 0 aromatic heterocycles. The average molecular weight is 197 g/mol. The van der Waals surface area contributed by atoms with Crippen LogP contribution < -0.4 is 5.32 Å². The van der Waals surface area contributed by atoms with Crippen molar-refractivity contribution in [3.05, 3.63) is 0 Å². The molecule has 1 saturated heterocycles. The highest BCUT2D eigenvalue weighted by Crippen LogP contribution is 2.11. The molecule has 13 heavy (non-hydrogen) atoms. The first-order chi connectivity index (χ1) is 6.33. The third kappa shape index (κ3) is 4.35. The summed E-state index contributed by atoms with van der Waals surface area (Å²) in [4.78, 5) is 11.3. The van der Waals surface area contributed by atoms with Gasteiger partial charge in [0.15, 0.2) is 0 Å². The van der Waals surface area contributed by atoms with Crippen molar-refractivity contribution in [3.63, 3.8) is 0 Å². The summed E-state index contributed by atoms with van der Waals surface area (Å²) in [6, 6.07) is 0.379. The molecule has 1 N–H and O–H groups in total. The van der Waals surface area contributed by atoms with E-state index in [4.69, 9.17) is 6.42 Å². The molecular formula is C10H15NOS. The molecule has 1 atom stereocenters. The van der Waals surface area contributed by atoms with Crippen LogP contribution in [0.5, 0.6) is 0 Å². The van der Waals surface area contributed by atoms with E-state index in [1.807, 2.05) is 11.8 Å². The van der Waals surface area contributed by atoms with Gasteiger partial charge in [-0.25, -0.2) is 0 Å². The molecule has 72 valence electrons. The lowest BCUT2D eigenvalue weighted by Crippen LogP contribution is -2.38. The van der Waals surface area contributed by atoms with Gasteiger partial charge in [-0.1, -0.05) is 0 Å². The monoisotopic (exact) mass is 197 g/mol. The van der Waals surface area contributed by atoms with Gasteiger partial charge in [-0.15, -0.1) is 12.3 Å². The number of hydrogen-bond donors (Lipinski definition) is 1. The van der Waals surface area contributed by atoms with E-state index in [1.54, 1.807) is 0 Å². The Hall–Kier alpha value is -0.460. The Morgan fingerprint density at radius 3 is 3.15 bits per heavy atom. The first kappa shape index (κ1) is 10.6. The van der Waals surface area contributed by atoms with Gasteiger partial charge in [0.1, 0.15) is 5.78 Å². The Kier molecular flexibility index (Phi) is 4.95. The van der Waals surface area contributed by atoms with Crippen LogP contribution in [0.2, 0.25) is 0 Å². The van der Waals surface area contributed by atoms with Gasteiger partial charge in [0.2, 0.25) is 0 Å². The molecule has 0 aromatic carbocycles. The molecular weight excluding hydrogens is 182 g/mol. The number of carbonyl (C=O) groups is 1. The molecule has 0 aliphatic carbocycles. The average Bonchev–Trinajstić information content (AvgIpc) is 2.16. The predicted octanol–water partition coefficient (Wildman–Crippen LogP) is 1.06. The topological polar surface area (TPSA) is 29.1 Å². The Balaban J connectivity index is 2.15. The van der Waals surface area contributed by atoms with Crippen molar-refractivity contribution in [1.29, 1.82) is 0 Å². The largest absolute Gasteiger partial charge is 0.312 e. The zero-order valence-corrected chi connectivity index (χ0v) is 8.53. The van der Waals surface area contributed by atoms with Crippen molar-refractivity contribution < 1.29 is 4.79 Å². The molecule has 1 rings (SSSR count). The molecule has 0 spiro atoms. The highest BCUT2D eigenvalue weighted by Gasteiger charge is 2.15. The summed E-state index contributed by atoms with van der Waals surface area (Å²) in [7, 11) is 0. The van der Waals surface area contributed by atoms with E-state index in [2.05, 4.69) is 11.2 Å². The summed E-state index contributed by atoms with van der Waals surface area (Å²) in [5.74, 6) is 5.00. The maximum Gasteiger partial charge on any atom is 0.135 e. The molecule has 1 heterocycles. The van der Waals surface area contributed by atoms with Crippen molar-refractivity contribution in [1.82, 2.24) is 5.32 Å². The van der Waals surface area contributed by atoms with E-state index < -0.39 is 0 Å². The summed E-state index contributed by atoms with van der Waals surface area (Å²) in [6.45, 7) is 1.03. The Morgan fingerprint density at radius 1 is 1.69 bits per heavy atom. The maximum absolute atomic E-state index is 11.3. The summed E-state index contributed by atoms with van der Waals surface area (Å²) in [5, 5.41) is 3.33. The molecule has 0 radical (unpaired) electrons. The van der Waals surface area contributed by atoms with Crippen molar-refractivity contribution in [2.45, 2.75) is 25.3 Å². The highest BCUT2D eigenvalue weighted by atomic mass is 32.2. The van der Waals surface area contributed by atoms with Crippen molar-refractivity contribution >= 4 is 17.5 Å². The lowest BCUT2D eigenvalue weighted by Gasteiger charge is -2.22. The zero-order chi connectivity index (χ0) is 9.52. The van der Waals surface area contributed by atoms with Crippen LogP contribution in [0.1, 0.15) is 19.3 Å². The predicted molar refractivity (Wildman–Crippen MR) is 56.8 cm³/mol. The summed E-state index contributed by atoms with van der Waals surface area (Å²) >= 11 is 1.91. The van der Waals surface area contributed by atoms with Crippen LogP contribution in [0.25, 0.3) is 0 Å². The van der Waals surface area contributed by atoms with Crippen molar-refractivity contribution in [2.75, 3.05) is 18.1 Å². The Bertz CT molecular complexity index is 203. The highest BCUT2D eigenvalue weighted by molar-refractivity contribution is 7.99. The number of rotatable bonds is 4. The van der Waals surface area contributed by atoms with Crippen LogP contribution in [-0.2, 0) is 4.79 Å². The third-order valence-electron chi connectivity index (χ3n) is 2.02. The first-order valence-corrected chi connectivity index (χ1v) is 5.74. The van der Waals surface area contributed by atoms with E-state index in [-0.39, 0.29) is 5.78 Å². The maximum atomic E-state index is 11.3. The van der Waals surface area contributed by atoms with Crippen LogP contribution in [0.15, 0.2) is 0 Å². The minimum absolute atomic E-state index is 0.290. The normalized spacial score (nSPS) is 22.2. The molecule has 1 aliphatic rings. The van der Waals surface area contributed by atoms with Gasteiger partial charge < -0.3 is 5.32 Å². The molecule has 1 unspecified atom stereocenters. The minimum atomic E-state index is 0.290. The van der Waals surface area contributed by atoms with Crippen LogP contribution in [0.3, 0.4) is 0 Å². The first-order valence-electron chi connectivity index (χ1n) is 4.59. The van der Waals surface area contributed by atoms with E-state index in [9.17, 15) is 4.79 Å². The third-order valence-corrected chi connectivity index (χ3v) is 3.15. The molecule has 0 saturated carbocycles. The molecule has 3 heteroatoms. The lowest BCUT2D eigenvalue weighted by molar-refractivity contribution is -0.119. The molecule has 2 nitrogen and oxygen atoms in total. The van der Waals surface area contributed by atoms with Crippen LogP contribution in [-0.4, -0.2) is 29.9 Å². The molecule has 1 aliphatic heterocycles. The number of hydrogen-bond acceptors (Lipinski definition) is 3. The second-order valence-corrected chi connectivity index (χ2v) is 4.32. The SMILES string of the molecule is C#CCCC(=O)CC1CSCCN1. The van der Waals surface area contributed by atoms with E-state index in [0.717, 1.165) is 18.1 Å². The van der Waals surface area contributed by atoms with Gasteiger partial charge in [-0.2, -0.15) is 11.8 Å². The van der Waals surface area contributed by atoms with Gasteiger partial charge in [0.25, 0.3) is 0 Å². The van der Waals surface area contributed by atoms with E-state index in [0.29, 0.717) is 25.3 Å². The van der Waals surface area contributed by atoms with Crippen LogP contribution >= 0.6 is 11.8 Å².